The predicted octanol–water partition coefficient (Wildman–Crippen LogP) is 4.56. The van der Waals surface area contributed by atoms with E-state index >= 15 is 0 Å². The van der Waals surface area contributed by atoms with E-state index in [1.54, 1.807) is 0 Å². The van der Waals surface area contributed by atoms with Crippen molar-refractivity contribution < 1.29 is 9.18 Å². The lowest BCUT2D eigenvalue weighted by Crippen LogP contribution is -2.02. The van der Waals surface area contributed by atoms with Crippen molar-refractivity contribution in [3.8, 4) is 0 Å². The van der Waals surface area contributed by atoms with Gasteiger partial charge >= 0.3 is 0 Å². The Balaban J connectivity index is 2.01. The number of benzene rings is 2. The van der Waals surface area contributed by atoms with Gasteiger partial charge in [-0.05, 0) is 52.3 Å². The summed E-state index contributed by atoms with van der Waals surface area (Å²) in [5, 5.41) is 0. The lowest BCUT2D eigenvalue weighted by molar-refractivity contribution is 0.102. The zero-order chi connectivity index (χ0) is 13.0. The molecule has 2 rings (SSSR count). The summed E-state index contributed by atoms with van der Waals surface area (Å²) < 4.78 is 13.7. The summed E-state index contributed by atoms with van der Waals surface area (Å²) in [6.45, 7) is 0. The fourth-order valence-corrected chi connectivity index (χ4v) is 2.89. The summed E-state index contributed by atoms with van der Waals surface area (Å²) in [7, 11) is 0. The lowest BCUT2D eigenvalue weighted by Gasteiger charge is -2.03. The Bertz CT molecular complexity index is 554. The van der Waals surface area contributed by atoms with Gasteiger partial charge in [-0.25, -0.2) is 4.39 Å². The summed E-state index contributed by atoms with van der Waals surface area (Å²) in [6.07, 6.45) is 0. The van der Waals surface area contributed by atoms with Crippen LogP contribution in [0.2, 0.25) is 0 Å². The highest BCUT2D eigenvalue weighted by Crippen LogP contribution is 2.27. The van der Waals surface area contributed by atoms with Crippen molar-refractivity contribution in [1.82, 2.24) is 0 Å². The van der Waals surface area contributed by atoms with Crippen LogP contribution < -0.4 is 0 Å². The second-order valence-electron chi connectivity index (χ2n) is 3.65. The predicted molar refractivity (Wildman–Crippen MR) is 75.6 cm³/mol. The van der Waals surface area contributed by atoms with Gasteiger partial charge in [0.25, 0.3) is 0 Å². The smallest absolute Gasteiger partial charge is 0.173 e. The summed E-state index contributed by atoms with van der Waals surface area (Å²) in [4.78, 5) is 12.9. The van der Waals surface area contributed by atoms with Gasteiger partial charge in [-0.3, -0.25) is 4.79 Å². The Morgan fingerprint density at radius 3 is 2.44 bits per heavy atom. The molecule has 0 aromatic heterocycles. The third-order valence-electron chi connectivity index (χ3n) is 2.36. The molecule has 0 spiro atoms. The minimum Gasteiger partial charge on any atom is -0.293 e. The van der Waals surface area contributed by atoms with Gasteiger partial charge < -0.3 is 0 Å². The summed E-state index contributed by atoms with van der Waals surface area (Å²) in [5.41, 5.74) is 0.538. The zero-order valence-corrected chi connectivity index (χ0v) is 11.8. The maximum Gasteiger partial charge on any atom is 0.173 e. The Labute approximate surface area is 118 Å². The average Bonchev–Trinajstić information content (AvgIpc) is 2.38. The molecular weight excluding hydrogens is 315 g/mol. The molecule has 0 saturated carbocycles. The summed E-state index contributed by atoms with van der Waals surface area (Å²) in [6, 6.07) is 13.4. The first kappa shape index (κ1) is 13.3. The minimum absolute atomic E-state index is 0.00393. The quantitative estimate of drug-likeness (QED) is 0.605. The van der Waals surface area contributed by atoms with Crippen molar-refractivity contribution in [1.29, 1.82) is 0 Å². The van der Waals surface area contributed by atoms with Crippen molar-refractivity contribution >= 4 is 33.5 Å². The van der Waals surface area contributed by atoms with E-state index < -0.39 is 0 Å². The normalized spacial score (nSPS) is 10.3. The number of Topliss-reactive ketones (excluding diaryl/α,β-unsaturated/α-hetero) is 1. The standard InChI is InChI=1S/C14H10BrFOS/c15-12-3-1-2-4-14(12)18-9-13(17)10-5-7-11(16)8-6-10/h1-8H,9H2. The van der Waals surface area contributed by atoms with E-state index in [1.165, 1.54) is 36.0 Å². The summed E-state index contributed by atoms with van der Waals surface area (Å²) >= 11 is 4.89. The molecule has 18 heavy (non-hydrogen) atoms. The number of hydrogen-bond acceptors (Lipinski definition) is 2. The molecule has 92 valence electrons. The highest BCUT2D eigenvalue weighted by Gasteiger charge is 2.08. The molecule has 0 aliphatic rings. The second kappa shape index (κ2) is 6.16. The largest absolute Gasteiger partial charge is 0.293 e. The van der Waals surface area contributed by atoms with Crippen LogP contribution in [0.4, 0.5) is 4.39 Å². The number of hydrogen-bond donors (Lipinski definition) is 0. The van der Waals surface area contributed by atoms with E-state index in [-0.39, 0.29) is 11.6 Å². The van der Waals surface area contributed by atoms with Crippen LogP contribution in [0.3, 0.4) is 0 Å². The Morgan fingerprint density at radius 1 is 1.11 bits per heavy atom. The fraction of sp³-hybridized carbons (Fsp3) is 0.0714. The number of rotatable bonds is 4. The van der Waals surface area contributed by atoms with E-state index in [4.69, 9.17) is 0 Å². The van der Waals surface area contributed by atoms with Gasteiger partial charge in [0.2, 0.25) is 0 Å². The maximum atomic E-state index is 12.7. The van der Waals surface area contributed by atoms with E-state index in [9.17, 15) is 9.18 Å². The number of carbonyl (C=O) groups excluding carboxylic acids is 1. The average molecular weight is 325 g/mol. The van der Waals surface area contributed by atoms with Crippen molar-refractivity contribution in [3.63, 3.8) is 0 Å². The molecule has 0 radical (unpaired) electrons. The molecule has 0 atom stereocenters. The highest BCUT2D eigenvalue weighted by molar-refractivity contribution is 9.10. The first-order valence-corrected chi connectivity index (χ1v) is 7.11. The molecule has 2 aromatic rings. The Hall–Kier alpha value is -1.13. The van der Waals surface area contributed by atoms with Crippen LogP contribution in [0.1, 0.15) is 10.4 Å². The van der Waals surface area contributed by atoms with Crippen molar-refractivity contribution in [2.24, 2.45) is 0 Å². The molecule has 2 aromatic carbocycles. The van der Waals surface area contributed by atoms with Gasteiger partial charge in [-0.1, -0.05) is 12.1 Å². The van der Waals surface area contributed by atoms with Gasteiger partial charge in [0.15, 0.2) is 5.78 Å². The minimum atomic E-state index is -0.329. The number of thioether (sulfide) groups is 1. The zero-order valence-electron chi connectivity index (χ0n) is 9.40. The summed E-state index contributed by atoms with van der Waals surface area (Å²) in [5.74, 6) is 0.00888. The third-order valence-corrected chi connectivity index (χ3v) is 4.39. The van der Waals surface area contributed by atoms with Gasteiger partial charge in [0, 0.05) is 14.9 Å². The molecular formula is C14H10BrFOS. The number of ketones is 1. The molecule has 0 fully saturated rings. The maximum absolute atomic E-state index is 12.7. The van der Waals surface area contributed by atoms with E-state index in [2.05, 4.69) is 15.9 Å². The van der Waals surface area contributed by atoms with Crippen molar-refractivity contribution in [2.45, 2.75) is 4.90 Å². The molecule has 4 heteroatoms. The molecule has 0 unspecified atom stereocenters. The van der Waals surface area contributed by atoms with Crippen LogP contribution in [0.25, 0.3) is 0 Å². The second-order valence-corrected chi connectivity index (χ2v) is 5.52. The molecule has 0 saturated heterocycles. The molecule has 0 amide bonds. The molecule has 0 aliphatic heterocycles. The Morgan fingerprint density at radius 2 is 1.78 bits per heavy atom. The van der Waals surface area contributed by atoms with E-state index in [0.717, 1.165) is 9.37 Å². The van der Waals surface area contributed by atoms with Crippen LogP contribution >= 0.6 is 27.7 Å². The topological polar surface area (TPSA) is 17.1 Å². The Kier molecular flexibility index (Phi) is 4.55. The van der Waals surface area contributed by atoms with Crippen LogP contribution in [0, 0.1) is 5.82 Å². The first-order chi connectivity index (χ1) is 8.66. The first-order valence-electron chi connectivity index (χ1n) is 5.33. The van der Waals surface area contributed by atoms with Crippen LogP contribution in [0.15, 0.2) is 57.9 Å². The monoisotopic (exact) mass is 324 g/mol. The molecule has 0 bridgehead atoms. The lowest BCUT2D eigenvalue weighted by atomic mass is 10.1. The van der Waals surface area contributed by atoms with E-state index in [0.29, 0.717) is 11.3 Å². The van der Waals surface area contributed by atoms with Gasteiger partial charge in [-0.15, -0.1) is 11.8 Å². The van der Waals surface area contributed by atoms with Crippen molar-refractivity contribution in [2.75, 3.05) is 5.75 Å². The van der Waals surface area contributed by atoms with Gasteiger partial charge in [-0.2, -0.15) is 0 Å². The van der Waals surface area contributed by atoms with Crippen LogP contribution in [-0.4, -0.2) is 11.5 Å². The molecule has 0 N–H and O–H groups in total. The number of halogens is 2. The molecule has 0 aliphatic carbocycles. The van der Waals surface area contributed by atoms with Crippen LogP contribution in [-0.2, 0) is 0 Å². The highest BCUT2D eigenvalue weighted by atomic mass is 79.9. The van der Waals surface area contributed by atoms with Crippen molar-refractivity contribution in [3.05, 3.63) is 64.4 Å². The van der Waals surface area contributed by atoms with Gasteiger partial charge in [0.05, 0.1) is 5.75 Å². The number of carbonyl (C=O) groups is 1. The SMILES string of the molecule is O=C(CSc1ccccc1Br)c1ccc(F)cc1. The fourth-order valence-electron chi connectivity index (χ4n) is 1.42. The molecule has 1 nitrogen and oxygen atoms in total. The van der Waals surface area contributed by atoms with Gasteiger partial charge in [0.1, 0.15) is 5.82 Å². The van der Waals surface area contributed by atoms with Crippen LogP contribution in [0.5, 0.6) is 0 Å². The third kappa shape index (κ3) is 3.43. The molecule has 0 heterocycles. The van der Waals surface area contributed by atoms with E-state index in [1.807, 2.05) is 24.3 Å².